The quantitative estimate of drug-likeness (QED) is 0.853. The molecule has 5 nitrogen and oxygen atoms in total. The number of carbonyl (C=O) groups is 2. The number of rotatable bonds is 4. The van der Waals surface area contributed by atoms with E-state index in [-0.39, 0.29) is 5.69 Å². The number of nitrogens with one attached hydrogen (secondary N) is 2. The van der Waals surface area contributed by atoms with Gasteiger partial charge in [0.1, 0.15) is 11.5 Å². The summed E-state index contributed by atoms with van der Waals surface area (Å²) in [5, 5.41) is 4.91. The van der Waals surface area contributed by atoms with Crippen LogP contribution in [0.3, 0.4) is 0 Å². The number of aryl methyl sites for hydroxylation is 1. The summed E-state index contributed by atoms with van der Waals surface area (Å²) >= 11 is 1.22. The molecular weight excluding hydrogens is 293 g/mol. The summed E-state index contributed by atoms with van der Waals surface area (Å²) in [5.41, 5.74) is 0.608. The van der Waals surface area contributed by atoms with Gasteiger partial charge in [0.25, 0.3) is 5.91 Å². The van der Waals surface area contributed by atoms with Crippen LogP contribution in [-0.2, 0) is 4.79 Å². The molecule has 0 saturated heterocycles. The predicted octanol–water partition coefficient (Wildman–Crippen LogP) is 2.97. The maximum Gasteiger partial charge on any atom is 0.275 e. The molecular formula is C14H12FN3O2S. The van der Waals surface area contributed by atoms with Crippen molar-refractivity contribution < 1.29 is 14.0 Å². The topological polar surface area (TPSA) is 71.1 Å². The molecule has 1 aromatic heterocycles. The first-order chi connectivity index (χ1) is 9.99. The first kappa shape index (κ1) is 14.9. The minimum Gasteiger partial charge on any atom is -0.321 e. The molecule has 0 unspecified atom stereocenters. The van der Waals surface area contributed by atoms with Gasteiger partial charge in [0, 0.05) is 10.6 Å². The Bertz CT molecular complexity index is 712. The third kappa shape index (κ3) is 3.73. The number of amides is 2. The molecule has 0 bridgehead atoms. The minimum absolute atomic E-state index is 0.0350. The molecule has 0 aliphatic rings. The van der Waals surface area contributed by atoms with Gasteiger partial charge >= 0.3 is 0 Å². The molecule has 1 heterocycles. The highest BCUT2D eigenvalue weighted by atomic mass is 32.1. The zero-order valence-electron chi connectivity index (χ0n) is 11.1. The first-order valence-corrected chi connectivity index (χ1v) is 6.74. The lowest BCUT2D eigenvalue weighted by atomic mass is 10.2. The van der Waals surface area contributed by atoms with E-state index in [1.165, 1.54) is 23.7 Å². The molecule has 2 amide bonds. The van der Waals surface area contributed by atoms with Gasteiger partial charge in [0.15, 0.2) is 0 Å². The van der Waals surface area contributed by atoms with Crippen molar-refractivity contribution in [2.75, 3.05) is 10.6 Å². The van der Waals surface area contributed by atoms with Crippen LogP contribution in [0.4, 0.5) is 15.8 Å². The van der Waals surface area contributed by atoms with Gasteiger partial charge in [0.05, 0.1) is 5.69 Å². The second-order valence-electron chi connectivity index (χ2n) is 4.16. The van der Waals surface area contributed by atoms with E-state index >= 15 is 0 Å². The van der Waals surface area contributed by atoms with E-state index < -0.39 is 17.6 Å². The molecule has 2 N–H and O–H groups in total. The summed E-state index contributed by atoms with van der Waals surface area (Å²) in [6.07, 6.45) is 1.03. The summed E-state index contributed by atoms with van der Waals surface area (Å²) in [5.74, 6) is -1.54. The van der Waals surface area contributed by atoms with Crippen molar-refractivity contribution in [1.82, 2.24) is 4.37 Å². The number of halogens is 1. The fourth-order valence-corrected chi connectivity index (χ4v) is 2.09. The largest absolute Gasteiger partial charge is 0.321 e. The third-order valence-electron chi connectivity index (χ3n) is 2.53. The highest BCUT2D eigenvalue weighted by molar-refractivity contribution is 7.05. The van der Waals surface area contributed by atoms with E-state index in [0.717, 1.165) is 17.0 Å². The molecule has 0 saturated carbocycles. The number of aromatic nitrogens is 1. The van der Waals surface area contributed by atoms with Gasteiger partial charge in [0.2, 0.25) is 5.91 Å². The van der Waals surface area contributed by atoms with Gasteiger partial charge in [-0.3, -0.25) is 9.59 Å². The average Bonchev–Trinajstić information content (AvgIpc) is 2.89. The number of carbonyl (C=O) groups excluding carboxylic acids is 2. The zero-order chi connectivity index (χ0) is 15.4. The predicted molar refractivity (Wildman–Crippen MR) is 80.0 cm³/mol. The monoisotopic (exact) mass is 305 g/mol. The van der Waals surface area contributed by atoms with Crippen LogP contribution < -0.4 is 10.6 Å². The Morgan fingerprint density at radius 2 is 2.10 bits per heavy atom. The van der Waals surface area contributed by atoms with Crippen LogP contribution in [0.1, 0.15) is 15.4 Å². The smallest absolute Gasteiger partial charge is 0.275 e. The Hall–Kier alpha value is -2.54. The molecule has 2 aromatic rings. The number of hydrogen-bond donors (Lipinski definition) is 2. The van der Waals surface area contributed by atoms with Crippen LogP contribution in [-0.4, -0.2) is 16.2 Å². The first-order valence-electron chi connectivity index (χ1n) is 5.97. The summed E-state index contributed by atoms with van der Waals surface area (Å²) in [6.45, 7) is 5.13. The Morgan fingerprint density at radius 3 is 2.71 bits per heavy atom. The summed E-state index contributed by atoms with van der Waals surface area (Å²) in [6, 6.07) is 5.54. The maximum atomic E-state index is 13.6. The van der Waals surface area contributed by atoms with Crippen molar-refractivity contribution in [1.29, 1.82) is 0 Å². The zero-order valence-corrected chi connectivity index (χ0v) is 12.0. The molecule has 2 rings (SSSR count). The Balaban J connectivity index is 2.17. The number of hydrogen-bond acceptors (Lipinski definition) is 4. The Kier molecular flexibility index (Phi) is 4.44. The molecule has 0 aliphatic carbocycles. The van der Waals surface area contributed by atoms with Crippen LogP contribution in [0.2, 0.25) is 0 Å². The highest BCUT2D eigenvalue weighted by Crippen LogP contribution is 2.20. The van der Waals surface area contributed by atoms with Gasteiger partial charge in [-0.05, 0) is 48.8 Å². The van der Waals surface area contributed by atoms with Crippen molar-refractivity contribution in [3.8, 4) is 0 Å². The van der Waals surface area contributed by atoms with E-state index in [1.54, 1.807) is 6.07 Å². The lowest BCUT2D eigenvalue weighted by Gasteiger charge is -2.08. The van der Waals surface area contributed by atoms with Crippen molar-refractivity contribution in [2.45, 2.75) is 6.92 Å². The molecule has 0 atom stereocenters. The minimum atomic E-state index is -0.604. The van der Waals surface area contributed by atoms with Gasteiger partial charge < -0.3 is 10.6 Å². The third-order valence-corrected chi connectivity index (χ3v) is 3.22. The fraction of sp³-hybridized carbons (Fsp3) is 0.0714. The van der Waals surface area contributed by atoms with Gasteiger partial charge in [-0.25, -0.2) is 4.39 Å². The fourth-order valence-electron chi connectivity index (χ4n) is 1.55. The number of anilines is 2. The van der Waals surface area contributed by atoms with E-state index in [9.17, 15) is 14.0 Å². The van der Waals surface area contributed by atoms with Crippen molar-refractivity contribution in [3.63, 3.8) is 0 Å². The molecule has 0 spiro atoms. The Labute approximate surface area is 124 Å². The molecule has 0 fully saturated rings. The highest BCUT2D eigenvalue weighted by Gasteiger charge is 2.12. The van der Waals surface area contributed by atoms with Crippen LogP contribution in [0.5, 0.6) is 0 Å². The van der Waals surface area contributed by atoms with Crippen LogP contribution in [0, 0.1) is 12.7 Å². The summed E-state index contributed by atoms with van der Waals surface area (Å²) in [4.78, 5) is 24.1. The Morgan fingerprint density at radius 1 is 1.33 bits per heavy atom. The van der Waals surface area contributed by atoms with Gasteiger partial charge in [-0.2, -0.15) is 4.37 Å². The number of nitrogens with zero attached hydrogens (tertiary/aromatic N) is 1. The molecule has 21 heavy (non-hydrogen) atoms. The maximum absolute atomic E-state index is 13.6. The van der Waals surface area contributed by atoms with Crippen LogP contribution >= 0.6 is 11.5 Å². The van der Waals surface area contributed by atoms with Crippen molar-refractivity contribution >= 4 is 34.7 Å². The van der Waals surface area contributed by atoms with Crippen molar-refractivity contribution in [2.24, 2.45) is 0 Å². The van der Waals surface area contributed by atoms with Crippen LogP contribution in [0.15, 0.2) is 36.9 Å². The lowest BCUT2D eigenvalue weighted by Crippen LogP contribution is -2.13. The number of benzene rings is 1. The second-order valence-corrected chi connectivity index (χ2v) is 5.17. The molecule has 1 aromatic carbocycles. The van der Waals surface area contributed by atoms with E-state index in [0.29, 0.717) is 11.4 Å². The SMILES string of the molecule is C=CC(=O)Nc1cc(NC(=O)c2cc(C)sn2)ccc1F. The second kappa shape index (κ2) is 6.27. The van der Waals surface area contributed by atoms with Gasteiger partial charge in [-0.15, -0.1) is 0 Å². The van der Waals surface area contributed by atoms with Crippen molar-refractivity contribution in [3.05, 3.63) is 53.3 Å². The van der Waals surface area contributed by atoms with E-state index in [4.69, 9.17) is 0 Å². The van der Waals surface area contributed by atoms with Crippen LogP contribution in [0.25, 0.3) is 0 Å². The molecule has 108 valence electrons. The molecule has 7 heteroatoms. The molecule has 0 aliphatic heterocycles. The van der Waals surface area contributed by atoms with Gasteiger partial charge in [-0.1, -0.05) is 6.58 Å². The summed E-state index contributed by atoms with van der Waals surface area (Å²) in [7, 11) is 0. The summed E-state index contributed by atoms with van der Waals surface area (Å²) < 4.78 is 17.5. The van der Waals surface area contributed by atoms with E-state index in [1.807, 2.05) is 6.92 Å². The lowest BCUT2D eigenvalue weighted by molar-refractivity contribution is -0.111. The van der Waals surface area contributed by atoms with E-state index in [2.05, 4.69) is 21.6 Å². The normalized spacial score (nSPS) is 10.0. The average molecular weight is 305 g/mol. The molecule has 0 radical (unpaired) electrons. The standard InChI is InChI=1S/C14H12FN3O2S/c1-3-13(19)17-11-7-9(4-5-10(11)15)16-14(20)12-6-8(2)21-18-12/h3-7H,1H2,2H3,(H,16,20)(H,17,19).